The first-order valence-corrected chi connectivity index (χ1v) is 14.5. The molecule has 0 saturated carbocycles. The molecule has 0 bridgehead atoms. The highest BCUT2D eigenvalue weighted by molar-refractivity contribution is 8.03. The number of carbonyl (C=O) groups excluding carboxylic acids is 4. The summed E-state index contributed by atoms with van der Waals surface area (Å²) in [5, 5.41) is 29.5. The molecule has 0 radical (unpaired) electrons. The van der Waals surface area contributed by atoms with Gasteiger partial charge in [-0.2, -0.15) is 0 Å². The highest BCUT2D eigenvalue weighted by Gasteiger charge is 2.60. The van der Waals surface area contributed by atoms with Crippen LogP contribution in [-0.4, -0.2) is 120 Å². The van der Waals surface area contributed by atoms with Gasteiger partial charge < -0.3 is 36.6 Å². The summed E-state index contributed by atoms with van der Waals surface area (Å²) in [6.07, 6.45) is 2.49. The number of amides is 4. The Kier molecular flexibility index (Phi) is 8.28. The van der Waals surface area contributed by atoms with E-state index in [1.807, 2.05) is 6.92 Å². The number of carbonyl (C=O) groups is 5. The van der Waals surface area contributed by atoms with Crippen LogP contribution in [0.5, 0.6) is 0 Å². The third-order valence-electron chi connectivity index (χ3n) is 8.15. The molecule has 6 N–H and O–H groups in total. The molecule has 41 heavy (non-hydrogen) atoms. The molecule has 16 nitrogen and oxygen atoms in total. The Balaban J connectivity index is 1.19. The van der Waals surface area contributed by atoms with Gasteiger partial charge in [0.2, 0.25) is 23.6 Å². The summed E-state index contributed by atoms with van der Waals surface area (Å²) in [7, 11) is 0. The minimum atomic E-state index is -1.18. The average Bonchev–Trinajstić information content (AvgIpc) is 3.72. The van der Waals surface area contributed by atoms with Crippen molar-refractivity contribution >= 4 is 41.4 Å². The molecule has 222 valence electrons. The first kappa shape index (κ1) is 28.9. The van der Waals surface area contributed by atoms with E-state index >= 15 is 0 Å². The number of carboxylic acid groups (broad SMARTS) is 1. The van der Waals surface area contributed by atoms with Crippen LogP contribution in [0.4, 0.5) is 0 Å². The molecular formula is C24H34N10O6S. The first-order chi connectivity index (χ1) is 19.6. The molecular weight excluding hydrogens is 556 g/mol. The van der Waals surface area contributed by atoms with Crippen LogP contribution in [0.25, 0.3) is 0 Å². The molecule has 4 unspecified atom stereocenters. The SMILES string of the molecule is CC(NC(=O)Cn1cnnn1)C1C(=O)N2C(C(=O)O)=C(SC3CNC(C(=O)N4CC[C@@H](NC(=O)CN)C4)C3)[C@H](C)[C@H]12. The molecule has 0 spiro atoms. The van der Waals surface area contributed by atoms with Crippen LogP contribution < -0.4 is 21.7 Å². The number of nitrogens with one attached hydrogen (secondary N) is 3. The van der Waals surface area contributed by atoms with Crippen LogP contribution in [0.2, 0.25) is 0 Å². The number of carboxylic acids is 1. The number of aromatic nitrogens is 4. The van der Waals surface area contributed by atoms with E-state index in [-0.39, 0.29) is 59.6 Å². The fourth-order valence-electron chi connectivity index (χ4n) is 6.23. The average molecular weight is 591 g/mol. The number of tetrazole rings is 1. The second-order valence-electron chi connectivity index (χ2n) is 10.9. The van der Waals surface area contributed by atoms with E-state index in [1.54, 1.807) is 11.8 Å². The van der Waals surface area contributed by atoms with Crippen molar-refractivity contribution in [3.05, 3.63) is 16.9 Å². The van der Waals surface area contributed by atoms with E-state index in [2.05, 4.69) is 31.5 Å². The number of fused-ring (bicyclic) bond motifs is 1. The van der Waals surface area contributed by atoms with Gasteiger partial charge in [-0.3, -0.25) is 19.2 Å². The summed E-state index contributed by atoms with van der Waals surface area (Å²) in [4.78, 5) is 66.3. The van der Waals surface area contributed by atoms with Gasteiger partial charge in [-0.15, -0.1) is 16.9 Å². The van der Waals surface area contributed by atoms with Crippen LogP contribution in [0.15, 0.2) is 16.9 Å². The fourth-order valence-corrected chi connectivity index (χ4v) is 7.71. The largest absolute Gasteiger partial charge is 0.477 e. The zero-order chi connectivity index (χ0) is 29.4. The summed E-state index contributed by atoms with van der Waals surface area (Å²) >= 11 is 1.40. The third-order valence-corrected chi connectivity index (χ3v) is 9.66. The van der Waals surface area contributed by atoms with Gasteiger partial charge in [0, 0.05) is 47.8 Å². The maximum absolute atomic E-state index is 13.2. The van der Waals surface area contributed by atoms with Crippen molar-refractivity contribution in [1.29, 1.82) is 0 Å². The van der Waals surface area contributed by atoms with Gasteiger partial charge in [-0.05, 0) is 30.2 Å². The maximum Gasteiger partial charge on any atom is 0.353 e. The molecule has 4 aliphatic heterocycles. The van der Waals surface area contributed by atoms with Crippen LogP contribution in [0.1, 0.15) is 26.7 Å². The number of aliphatic carboxylic acids is 1. The van der Waals surface area contributed by atoms with E-state index in [1.165, 1.54) is 27.7 Å². The molecule has 0 aliphatic carbocycles. The Labute approximate surface area is 239 Å². The molecule has 1 aromatic rings. The molecule has 7 atom stereocenters. The zero-order valence-electron chi connectivity index (χ0n) is 22.7. The number of β-lactam (4-membered cyclic amide) rings is 1. The number of likely N-dealkylation sites (tertiary alicyclic amines) is 1. The Morgan fingerprint density at radius 2 is 2.07 bits per heavy atom. The number of rotatable bonds is 10. The number of thioether (sulfide) groups is 1. The highest BCUT2D eigenvalue weighted by Crippen LogP contribution is 2.51. The van der Waals surface area contributed by atoms with Gasteiger partial charge in [-0.1, -0.05) is 6.92 Å². The van der Waals surface area contributed by atoms with Gasteiger partial charge in [0.15, 0.2) is 0 Å². The summed E-state index contributed by atoms with van der Waals surface area (Å²) in [5.74, 6) is -3.00. The monoisotopic (exact) mass is 590 g/mol. The van der Waals surface area contributed by atoms with Crippen molar-refractivity contribution in [2.75, 3.05) is 26.2 Å². The number of nitrogens with zero attached hydrogens (tertiary/aromatic N) is 6. The lowest BCUT2D eigenvalue weighted by molar-refractivity contribution is -0.158. The van der Waals surface area contributed by atoms with Gasteiger partial charge in [0.05, 0.1) is 24.5 Å². The van der Waals surface area contributed by atoms with Crippen molar-refractivity contribution in [3.8, 4) is 0 Å². The third kappa shape index (κ3) is 5.65. The summed E-state index contributed by atoms with van der Waals surface area (Å²) < 4.78 is 1.27. The molecule has 0 aromatic carbocycles. The van der Waals surface area contributed by atoms with Crippen LogP contribution in [0.3, 0.4) is 0 Å². The maximum atomic E-state index is 13.2. The van der Waals surface area contributed by atoms with Crippen molar-refractivity contribution in [3.63, 3.8) is 0 Å². The lowest BCUT2D eigenvalue weighted by Gasteiger charge is -2.47. The number of hydrogen-bond donors (Lipinski definition) is 5. The van der Waals surface area contributed by atoms with E-state index in [0.717, 1.165) is 0 Å². The van der Waals surface area contributed by atoms with Crippen molar-refractivity contribution < 1.29 is 29.1 Å². The second kappa shape index (κ2) is 11.7. The molecule has 5 heterocycles. The molecule has 1 aromatic heterocycles. The second-order valence-corrected chi connectivity index (χ2v) is 12.2. The summed E-state index contributed by atoms with van der Waals surface area (Å²) in [6.45, 7) is 4.91. The van der Waals surface area contributed by atoms with Gasteiger partial charge in [0.25, 0.3) is 0 Å². The lowest BCUT2D eigenvalue weighted by atomic mass is 9.78. The zero-order valence-corrected chi connectivity index (χ0v) is 23.5. The normalized spacial score (nSPS) is 29.8. The number of nitrogens with two attached hydrogens (primary N) is 1. The topological polar surface area (TPSA) is 218 Å². The minimum absolute atomic E-state index is 0.0197. The highest BCUT2D eigenvalue weighted by atomic mass is 32.2. The van der Waals surface area contributed by atoms with E-state index in [9.17, 15) is 29.1 Å². The lowest BCUT2D eigenvalue weighted by Crippen LogP contribution is -2.66. The van der Waals surface area contributed by atoms with E-state index < -0.39 is 30.0 Å². The molecule has 3 fully saturated rings. The Morgan fingerprint density at radius 1 is 1.29 bits per heavy atom. The quantitative estimate of drug-likeness (QED) is 0.173. The van der Waals surface area contributed by atoms with Crippen LogP contribution >= 0.6 is 11.8 Å². The summed E-state index contributed by atoms with van der Waals surface area (Å²) in [5.41, 5.74) is 5.35. The molecule has 17 heteroatoms. The first-order valence-electron chi connectivity index (χ1n) is 13.6. The minimum Gasteiger partial charge on any atom is -0.477 e. The van der Waals surface area contributed by atoms with E-state index in [4.69, 9.17) is 5.73 Å². The van der Waals surface area contributed by atoms with Gasteiger partial charge in [-0.25, -0.2) is 9.48 Å². The van der Waals surface area contributed by atoms with Crippen LogP contribution in [0, 0.1) is 11.8 Å². The molecule has 5 rings (SSSR count). The van der Waals surface area contributed by atoms with Crippen molar-refractivity contribution in [1.82, 2.24) is 46.0 Å². The predicted octanol–water partition coefficient (Wildman–Crippen LogP) is -2.91. The number of hydrogen-bond acceptors (Lipinski definition) is 11. The van der Waals surface area contributed by atoms with Gasteiger partial charge in [0.1, 0.15) is 18.6 Å². The molecule has 3 saturated heterocycles. The van der Waals surface area contributed by atoms with E-state index in [0.29, 0.717) is 37.4 Å². The summed E-state index contributed by atoms with van der Waals surface area (Å²) in [6, 6.07) is -1.45. The Bertz CT molecular complexity index is 1260. The smallest absolute Gasteiger partial charge is 0.353 e. The standard InChI is InChI=1S/C24H34N10O6S/c1-11-19-18(12(2)28-17(36)9-33-10-27-30-31-33)23(38)34(19)20(24(39)40)21(11)41-14-5-15(26-7-14)22(37)32-4-3-13(8-32)29-16(35)6-25/h10-15,18-19,26H,3-9,25H2,1-2H3,(H,28,36)(H,29,35)(H,39,40)/t11-,12?,13-,14?,15?,18?,19-/m1/s1. The predicted molar refractivity (Wildman–Crippen MR) is 143 cm³/mol. The van der Waals surface area contributed by atoms with Crippen molar-refractivity contribution in [2.24, 2.45) is 17.6 Å². The Hall–Kier alpha value is -3.57. The molecule has 4 aliphatic rings. The molecule has 4 amide bonds. The van der Waals surface area contributed by atoms with Crippen LogP contribution in [-0.2, 0) is 30.5 Å². The van der Waals surface area contributed by atoms with Gasteiger partial charge >= 0.3 is 5.97 Å². The fraction of sp³-hybridized carbons (Fsp3) is 0.667. The van der Waals surface area contributed by atoms with Crippen molar-refractivity contribution in [2.45, 2.75) is 62.7 Å². The Morgan fingerprint density at radius 3 is 2.76 bits per heavy atom.